The van der Waals surface area contributed by atoms with Crippen LogP contribution in [-0.4, -0.2) is 13.7 Å². The Morgan fingerprint density at radius 3 is 2.67 bits per heavy atom. The minimum absolute atomic E-state index is 0.185. The van der Waals surface area contributed by atoms with E-state index in [1.165, 1.54) is 0 Å². The zero-order valence-electron chi connectivity index (χ0n) is 6.05. The molecule has 2 heteroatoms. The van der Waals surface area contributed by atoms with Crippen LogP contribution in [0.4, 0.5) is 0 Å². The van der Waals surface area contributed by atoms with Crippen molar-refractivity contribution in [2.45, 2.75) is 19.8 Å². The Hall–Kier alpha value is -0.550. The third kappa shape index (κ3) is 3.99. The molecule has 0 aliphatic carbocycles. The number of ether oxygens (including phenoxy) is 1. The van der Waals surface area contributed by atoms with Crippen molar-refractivity contribution >= 4 is 0 Å². The van der Waals surface area contributed by atoms with Crippen molar-refractivity contribution < 1.29 is 4.74 Å². The normalized spacial score (nSPS) is 12.6. The molecule has 0 saturated carbocycles. The first-order chi connectivity index (χ1) is 4.35. The fourth-order valence-corrected chi connectivity index (χ4v) is 0.620. The number of hydrogen-bond donors (Lipinski definition) is 0. The van der Waals surface area contributed by atoms with E-state index < -0.39 is 0 Å². The average molecular weight is 127 g/mol. The summed E-state index contributed by atoms with van der Waals surface area (Å²) in [4.78, 5) is 0. The van der Waals surface area contributed by atoms with Crippen LogP contribution in [0.15, 0.2) is 0 Å². The van der Waals surface area contributed by atoms with E-state index in [1.54, 1.807) is 7.11 Å². The van der Waals surface area contributed by atoms with E-state index in [2.05, 4.69) is 6.07 Å². The molecule has 9 heavy (non-hydrogen) atoms. The van der Waals surface area contributed by atoms with Crippen molar-refractivity contribution in [3.63, 3.8) is 0 Å². The zero-order valence-corrected chi connectivity index (χ0v) is 6.05. The maximum absolute atomic E-state index is 8.45. The van der Waals surface area contributed by atoms with Crippen LogP contribution in [0.5, 0.6) is 0 Å². The van der Waals surface area contributed by atoms with Crippen LogP contribution >= 0.6 is 0 Å². The summed E-state index contributed by atoms with van der Waals surface area (Å²) < 4.78 is 4.82. The first-order valence-electron chi connectivity index (χ1n) is 3.23. The molecule has 1 atom stereocenters. The molecule has 0 aromatic carbocycles. The van der Waals surface area contributed by atoms with Crippen molar-refractivity contribution in [3.8, 4) is 6.07 Å². The molecule has 2 nitrogen and oxygen atoms in total. The first-order valence-corrected chi connectivity index (χ1v) is 3.23. The topological polar surface area (TPSA) is 33.0 Å². The average Bonchev–Trinajstić information content (AvgIpc) is 1.91. The predicted octanol–water partition coefficient (Wildman–Crippen LogP) is 1.57. The number of nitrogens with zero attached hydrogens (tertiary/aromatic N) is 1. The lowest BCUT2D eigenvalue weighted by Gasteiger charge is -2.02. The van der Waals surface area contributed by atoms with Gasteiger partial charge in [0.05, 0.1) is 6.07 Å². The highest BCUT2D eigenvalue weighted by Gasteiger charge is 2.01. The van der Waals surface area contributed by atoms with E-state index in [0.29, 0.717) is 6.61 Å². The molecular formula is C7H13NO. The van der Waals surface area contributed by atoms with E-state index in [4.69, 9.17) is 10.00 Å². The molecule has 0 aromatic rings. The van der Waals surface area contributed by atoms with Gasteiger partial charge >= 0.3 is 0 Å². The van der Waals surface area contributed by atoms with Gasteiger partial charge in [-0.1, -0.05) is 6.92 Å². The Kier molecular flexibility index (Phi) is 5.24. The quantitative estimate of drug-likeness (QED) is 0.574. The lowest BCUT2D eigenvalue weighted by atomic mass is 10.1. The van der Waals surface area contributed by atoms with Gasteiger partial charge in [0.15, 0.2) is 0 Å². The highest BCUT2D eigenvalue weighted by Crippen LogP contribution is 2.04. The highest BCUT2D eigenvalue weighted by molar-refractivity contribution is 4.80. The van der Waals surface area contributed by atoms with Crippen molar-refractivity contribution in [1.29, 1.82) is 5.26 Å². The molecular weight excluding hydrogens is 114 g/mol. The van der Waals surface area contributed by atoms with Gasteiger partial charge in [-0.3, -0.25) is 0 Å². The summed E-state index contributed by atoms with van der Waals surface area (Å²) in [5, 5.41) is 8.45. The Labute approximate surface area is 56.4 Å². The summed E-state index contributed by atoms with van der Waals surface area (Å²) in [6, 6.07) is 2.21. The van der Waals surface area contributed by atoms with Crippen molar-refractivity contribution in [1.82, 2.24) is 0 Å². The van der Waals surface area contributed by atoms with Crippen LogP contribution in [0, 0.1) is 17.2 Å². The van der Waals surface area contributed by atoms with Crippen LogP contribution < -0.4 is 0 Å². The summed E-state index contributed by atoms with van der Waals surface area (Å²) in [6.07, 6.45) is 1.80. The highest BCUT2D eigenvalue weighted by atomic mass is 16.5. The van der Waals surface area contributed by atoms with Crippen molar-refractivity contribution in [3.05, 3.63) is 0 Å². The first kappa shape index (κ1) is 8.45. The summed E-state index contributed by atoms with van der Waals surface area (Å²) in [5.41, 5.74) is 0. The van der Waals surface area contributed by atoms with Gasteiger partial charge in [0.2, 0.25) is 0 Å². The van der Waals surface area contributed by atoms with E-state index in [1.807, 2.05) is 6.92 Å². The smallest absolute Gasteiger partial charge is 0.0656 e. The fourth-order valence-electron chi connectivity index (χ4n) is 0.620. The minimum Gasteiger partial charge on any atom is -0.385 e. The van der Waals surface area contributed by atoms with E-state index in [0.717, 1.165) is 12.8 Å². The Bertz CT molecular complexity index is 95.6. The SMILES string of the molecule is CCC(C#N)CCOC. The van der Waals surface area contributed by atoms with Crippen LogP contribution in [-0.2, 0) is 4.74 Å². The molecule has 0 saturated heterocycles. The standard InChI is InChI=1S/C7H13NO/c1-3-7(6-8)4-5-9-2/h7H,3-5H2,1-2H3. The van der Waals surface area contributed by atoms with Gasteiger partial charge in [0, 0.05) is 19.6 Å². The molecule has 1 unspecified atom stereocenters. The molecule has 0 radical (unpaired) electrons. The van der Waals surface area contributed by atoms with Gasteiger partial charge < -0.3 is 4.74 Å². The second-order valence-corrected chi connectivity index (χ2v) is 2.02. The van der Waals surface area contributed by atoms with Gasteiger partial charge in [0.25, 0.3) is 0 Å². The molecule has 0 amide bonds. The van der Waals surface area contributed by atoms with Gasteiger partial charge in [0.1, 0.15) is 0 Å². The second-order valence-electron chi connectivity index (χ2n) is 2.02. The maximum Gasteiger partial charge on any atom is 0.0656 e. The molecule has 0 N–H and O–H groups in total. The fraction of sp³-hybridized carbons (Fsp3) is 0.857. The Balaban J connectivity index is 3.23. The molecule has 0 aliphatic rings. The third-order valence-corrected chi connectivity index (χ3v) is 1.35. The zero-order chi connectivity index (χ0) is 7.11. The molecule has 0 rings (SSSR count). The molecule has 0 aromatic heterocycles. The van der Waals surface area contributed by atoms with Gasteiger partial charge in [-0.2, -0.15) is 5.26 Å². The predicted molar refractivity (Wildman–Crippen MR) is 35.9 cm³/mol. The molecule has 52 valence electrons. The molecule has 0 aliphatic heterocycles. The molecule has 0 fully saturated rings. The number of rotatable bonds is 4. The lowest BCUT2D eigenvalue weighted by molar-refractivity contribution is 0.184. The summed E-state index contributed by atoms with van der Waals surface area (Å²) in [6.45, 7) is 2.72. The summed E-state index contributed by atoms with van der Waals surface area (Å²) in [7, 11) is 1.66. The van der Waals surface area contributed by atoms with E-state index >= 15 is 0 Å². The summed E-state index contributed by atoms with van der Waals surface area (Å²) in [5.74, 6) is 0.185. The second kappa shape index (κ2) is 5.58. The Morgan fingerprint density at radius 1 is 1.67 bits per heavy atom. The monoisotopic (exact) mass is 127 g/mol. The van der Waals surface area contributed by atoms with E-state index in [9.17, 15) is 0 Å². The minimum atomic E-state index is 0.185. The number of methoxy groups -OCH3 is 1. The maximum atomic E-state index is 8.45. The molecule has 0 bridgehead atoms. The molecule has 0 heterocycles. The van der Waals surface area contributed by atoms with Gasteiger partial charge in [-0.25, -0.2) is 0 Å². The van der Waals surface area contributed by atoms with Gasteiger partial charge in [-0.05, 0) is 12.8 Å². The lowest BCUT2D eigenvalue weighted by Crippen LogP contribution is -1.99. The van der Waals surface area contributed by atoms with Crippen LogP contribution in [0.3, 0.4) is 0 Å². The largest absolute Gasteiger partial charge is 0.385 e. The van der Waals surface area contributed by atoms with Crippen LogP contribution in [0.1, 0.15) is 19.8 Å². The number of hydrogen-bond acceptors (Lipinski definition) is 2. The summed E-state index contributed by atoms with van der Waals surface area (Å²) >= 11 is 0. The van der Waals surface area contributed by atoms with Crippen LogP contribution in [0.2, 0.25) is 0 Å². The van der Waals surface area contributed by atoms with Crippen molar-refractivity contribution in [2.75, 3.05) is 13.7 Å². The van der Waals surface area contributed by atoms with Crippen LogP contribution in [0.25, 0.3) is 0 Å². The van der Waals surface area contributed by atoms with Gasteiger partial charge in [-0.15, -0.1) is 0 Å². The molecule has 0 spiro atoms. The third-order valence-electron chi connectivity index (χ3n) is 1.35. The van der Waals surface area contributed by atoms with Crippen molar-refractivity contribution in [2.24, 2.45) is 5.92 Å². The number of nitriles is 1. The van der Waals surface area contributed by atoms with E-state index in [-0.39, 0.29) is 5.92 Å². The Morgan fingerprint density at radius 2 is 2.33 bits per heavy atom.